The van der Waals surface area contributed by atoms with Gasteiger partial charge in [-0.25, -0.2) is 0 Å². The number of hydrogen-bond acceptors (Lipinski definition) is 6. The highest BCUT2D eigenvalue weighted by molar-refractivity contribution is 5.71. The SMILES string of the molecule is CCC/C=C\CCCCCCCC(=O)OCC(COC(=O)CCCCCCCCCCCCCCCCCCCCCCCCCCCCCCCCCCC)OC(=O)CCCCCCCCCCCCCCCCCCCCCCC. The van der Waals surface area contributed by atoms with Crippen molar-refractivity contribution in [2.24, 2.45) is 0 Å². The molecule has 0 saturated heterocycles. The topological polar surface area (TPSA) is 78.9 Å². The van der Waals surface area contributed by atoms with Crippen molar-refractivity contribution < 1.29 is 28.6 Å². The number of carbonyl (C=O) groups is 3. The van der Waals surface area contributed by atoms with E-state index in [1.807, 2.05) is 0 Å². The van der Waals surface area contributed by atoms with Crippen LogP contribution in [0.3, 0.4) is 0 Å². The molecule has 6 nitrogen and oxygen atoms in total. The molecule has 0 heterocycles. The minimum atomic E-state index is -0.769. The Bertz CT molecular complexity index is 1280. The number of esters is 3. The number of carbonyl (C=O) groups excluding carboxylic acids is 3. The van der Waals surface area contributed by atoms with E-state index in [0.29, 0.717) is 19.3 Å². The second-order valence-corrected chi connectivity index (χ2v) is 25.9. The van der Waals surface area contributed by atoms with E-state index < -0.39 is 6.10 Å². The summed E-state index contributed by atoms with van der Waals surface area (Å²) in [6, 6.07) is 0. The first-order valence-corrected chi connectivity index (χ1v) is 37.7. The molecule has 0 bridgehead atoms. The van der Waals surface area contributed by atoms with Crippen molar-refractivity contribution in [2.75, 3.05) is 13.2 Å². The third kappa shape index (κ3) is 68.9. The van der Waals surface area contributed by atoms with Crippen LogP contribution in [-0.4, -0.2) is 37.2 Å². The lowest BCUT2D eigenvalue weighted by Crippen LogP contribution is -2.30. The standard InChI is InChI=1S/C76H146O6/c1-4-7-10-13-16-19-22-24-26-28-30-32-33-34-35-36-37-38-39-40-41-42-43-45-46-48-50-52-54-57-60-63-66-69-75(78)81-72-73(71-80-74(77)68-65-62-59-56-21-18-15-12-9-6-3)82-76(79)70-67-64-61-58-55-53-51-49-47-44-31-29-27-25-23-20-17-14-11-8-5-2/h12,15,73H,4-11,13-14,16-72H2,1-3H3/b15-12-. The molecule has 0 aromatic heterocycles. The third-order valence-electron chi connectivity index (χ3n) is 17.5. The second-order valence-electron chi connectivity index (χ2n) is 25.9. The summed E-state index contributed by atoms with van der Waals surface area (Å²) in [5, 5.41) is 0. The van der Waals surface area contributed by atoms with E-state index in [-0.39, 0.29) is 31.1 Å². The monoisotopic (exact) mass is 1160 g/mol. The van der Waals surface area contributed by atoms with Gasteiger partial charge in [0.15, 0.2) is 6.10 Å². The third-order valence-corrected chi connectivity index (χ3v) is 17.5. The van der Waals surface area contributed by atoms with Gasteiger partial charge in [-0.3, -0.25) is 14.4 Å². The largest absolute Gasteiger partial charge is 0.462 e. The lowest BCUT2D eigenvalue weighted by Gasteiger charge is -2.18. The van der Waals surface area contributed by atoms with Crippen LogP contribution in [0.2, 0.25) is 0 Å². The van der Waals surface area contributed by atoms with Crippen LogP contribution in [0.4, 0.5) is 0 Å². The minimum absolute atomic E-state index is 0.0660. The Hall–Kier alpha value is -1.85. The van der Waals surface area contributed by atoms with Crippen LogP contribution in [0.15, 0.2) is 12.2 Å². The van der Waals surface area contributed by atoms with Crippen LogP contribution in [0.5, 0.6) is 0 Å². The molecule has 1 atom stereocenters. The zero-order valence-electron chi connectivity index (χ0n) is 56.1. The molecule has 0 aliphatic heterocycles. The van der Waals surface area contributed by atoms with Crippen LogP contribution >= 0.6 is 0 Å². The number of unbranched alkanes of at least 4 members (excludes halogenated alkanes) is 58. The van der Waals surface area contributed by atoms with Crippen molar-refractivity contribution >= 4 is 17.9 Å². The lowest BCUT2D eigenvalue weighted by molar-refractivity contribution is -0.167. The smallest absolute Gasteiger partial charge is 0.306 e. The Labute approximate surface area is 513 Å². The molecule has 0 aliphatic rings. The van der Waals surface area contributed by atoms with E-state index >= 15 is 0 Å². The molecule has 0 aromatic carbocycles. The zero-order valence-corrected chi connectivity index (χ0v) is 56.1. The highest BCUT2D eigenvalue weighted by Crippen LogP contribution is 2.20. The Morgan fingerprint density at radius 1 is 0.232 bits per heavy atom. The van der Waals surface area contributed by atoms with Crippen molar-refractivity contribution in [3.8, 4) is 0 Å². The quantitative estimate of drug-likeness (QED) is 0.0261. The summed E-state index contributed by atoms with van der Waals surface area (Å²) in [4.78, 5) is 38.3. The molecule has 0 amide bonds. The molecule has 6 heteroatoms. The number of allylic oxidation sites excluding steroid dienone is 2. The molecule has 0 fully saturated rings. The average molecular weight is 1160 g/mol. The molecule has 0 rings (SSSR count). The van der Waals surface area contributed by atoms with Crippen molar-refractivity contribution in [3.63, 3.8) is 0 Å². The minimum Gasteiger partial charge on any atom is -0.462 e. The fraction of sp³-hybridized carbons (Fsp3) is 0.934. The molecule has 0 aliphatic carbocycles. The van der Waals surface area contributed by atoms with Gasteiger partial charge >= 0.3 is 17.9 Å². The van der Waals surface area contributed by atoms with Crippen molar-refractivity contribution in [3.05, 3.63) is 12.2 Å². The predicted molar refractivity (Wildman–Crippen MR) is 358 cm³/mol. The Balaban J connectivity index is 4.02. The Morgan fingerprint density at radius 2 is 0.427 bits per heavy atom. The first-order chi connectivity index (χ1) is 40.5. The fourth-order valence-corrected chi connectivity index (χ4v) is 11.9. The van der Waals surface area contributed by atoms with Crippen molar-refractivity contribution in [1.82, 2.24) is 0 Å². The van der Waals surface area contributed by atoms with Gasteiger partial charge in [0.05, 0.1) is 0 Å². The van der Waals surface area contributed by atoms with Crippen LogP contribution in [0.1, 0.15) is 438 Å². The highest BCUT2D eigenvalue weighted by atomic mass is 16.6. The Kier molecular flexibility index (Phi) is 70.0. The van der Waals surface area contributed by atoms with Crippen LogP contribution < -0.4 is 0 Å². The molecule has 0 aromatic rings. The van der Waals surface area contributed by atoms with E-state index in [1.54, 1.807) is 0 Å². The highest BCUT2D eigenvalue weighted by Gasteiger charge is 2.20. The molecular formula is C76H146O6. The average Bonchev–Trinajstić information content (AvgIpc) is 3.47. The molecular weight excluding hydrogens is 1010 g/mol. The van der Waals surface area contributed by atoms with Gasteiger partial charge in [0.1, 0.15) is 13.2 Å². The van der Waals surface area contributed by atoms with E-state index in [0.717, 1.165) is 70.6 Å². The Morgan fingerprint density at radius 3 is 0.659 bits per heavy atom. The maximum Gasteiger partial charge on any atom is 0.306 e. The van der Waals surface area contributed by atoms with Gasteiger partial charge in [-0.1, -0.05) is 392 Å². The van der Waals surface area contributed by atoms with Gasteiger partial charge < -0.3 is 14.2 Å². The number of ether oxygens (including phenoxy) is 3. The van der Waals surface area contributed by atoms with Crippen molar-refractivity contribution in [1.29, 1.82) is 0 Å². The molecule has 0 spiro atoms. The predicted octanol–water partition coefficient (Wildman–Crippen LogP) is 26.0. The van der Waals surface area contributed by atoms with E-state index in [1.165, 1.54) is 327 Å². The van der Waals surface area contributed by atoms with Crippen LogP contribution in [-0.2, 0) is 28.6 Å². The summed E-state index contributed by atoms with van der Waals surface area (Å²) >= 11 is 0. The maximum atomic E-state index is 12.9. The van der Waals surface area contributed by atoms with Crippen LogP contribution in [0.25, 0.3) is 0 Å². The normalized spacial score (nSPS) is 12.0. The van der Waals surface area contributed by atoms with Crippen molar-refractivity contribution in [2.45, 2.75) is 444 Å². The maximum absolute atomic E-state index is 12.9. The molecule has 82 heavy (non-hydrogen) atoms. The molecule has 1 unspecified atom stereocenters. The van der Waals surface area contributed by atoms with E-state index in [4.69, 9.17) is 14.2 Å². The summed E-state index contributed by atoms with van der Waals surface area (Å²) in [7, 11) is 0. The van der Waals surface area contributed by atoms with Gasteiger partial charge in [-0.05, 0) is 38.5 Å². The molecule has 0 N–H and O–H groups in total. The summed E-state index contributed by atoms with van der Waals surface area (Å²) in [6.45, 7) is 6.67. The van der Waals surface area contributed by atoms with Crippen LogP contribution in [0, 0.1) is 0 Å². The van der Waals surface area contributed by atoms with Gasteiger partial charge in [0.2, 0.25) is 0 Å². The van der Waals surface area contributed by atoms with Gasteiger partial charge in [-0.2, -0.15) is 0 Å². The first-order valence-electron chi connectivity index (χ1n) is 37.7. The molecule has 0 saturated carbocycles. The second kappa shape index (κ2) is 71.6. The zero-order chi connectivity index (χ0) is 59.2. The van der Waals surface area contributed by atoms with Gasteiger partial charge in [0.25, 0.3) is 0 Å². The van der Waals surface area contributed by atoms with Gasteiger partial charge in [-0.15, -0.1) is 0 Å². The summed E-state index contributed by atoms with van der Waals surface area (Å²) in [5.41, 5.74) is 0. The van der Waals surface area contributed by atoms with Gasteiger partial charge in [0, 0.05) is 19.3 Å². The molecule has 0 radical (unpaired) electrons. The van der Waals surface area contributed by atoms with E-state index in [2.05, 4.69) is 32.9 Å². The summed E-state index contributed by atoms with van der Waals surface area (Å²) < 4.78 is 17.0. The van der Waals surface area contributed by atoms with E-state index in [9.17, 15) is 14.4 Å². The summed E-state index contributed by atoms with van der Waals surface area (Å²) in [5.74, 6) is -0.843. The molecule has 486 valence electrons. The fourth-order valence-electron chi connectivity index (χ4n) is 11.9. The number of hydrogen-bond donors (Lipinski definition) is 0. The lowest BCUT2D eigenvalue weighted by atomic mass is 10.0. The first kappa shape index (κ1) is 80.2. The number of rotatable bonds is 71. The summed E-state index contributed by atoms with van der Waals surface area (Å²) in [6.07, 6.45) is 87.2.